The second-order valence-corrected chi connectivity index (χ2v) is 5.87. The minimum absolute atomic E-state index is 0. The van der Waals surface area contributed by atoms with Gasteiger partial charge >= 0.3 is 6.09 Å². The molecule has 3 rings (SSSR count). The third kappa shape index (κ3) is 6.14. The van der Waals surface area contributed by atoms with Crippen LogP contribution in [0.1, 0.15) is 11.1 Å². The van der Waals surface area contributed by atoms with E-state index in [1.165, 1.54) is 12.1 Å². The van der Waals surface area contributed by atoms with Crippen LogP contribution in [0.4, 0.5) is 26.5 Å². The molecule has 6 nitrogen and oxygen atoms in total. The fraction of sp³-hybridized carbons (Fsp3) is 0.100. The number of benzene rings is 2. The Bertz CT molecular complexity index is 908. The Hall–Kier alpha value is -3.32. The summed E-state index contributed by atoms with van der Waals surface area (Å²) in [5.74, 6) is 0.680. The molecule has 0 aliphatic carbocycles. The molecule has 0 aliphatic rings. The van der Waals surface area contributed by atoms with Crippen LogP contribution in [0, 0.1) is 5.82 Å². The molecule has 0 aliphatic heterocycles. The molecular formula is C20H20ClFN4O2. The molecule has 1 aromatic heterocycles. The predicted octanol–water partition coefficient (Wildman–Crippen LogP) is 0.587. The lowest BCUT2D eigenvalue weighted by Crippen LogP contribution is -3.00. The number of nitrogen functional groups attached to an aromatic ring is 1. The average Bonchev–Trinajstić information content (AvgIpc) is 2.69. The summed E-state index contributed by atoms with van der Waals surface area (Å²) in [7, 11) is 0. The standard InChI is InChI=1S/C20H19FN4O2.ClH/c21-16-8-6-14(7-9-16)12-23-18-11-10-17(19(22)25-18)24-20(26)27-13-15-4-2-1-3-5-15;/h1-11H,12-13H2,(H,24,26)(H3,22,23,25);1H. The Morgan fingerprint density at radius 3 is 2.39 bits per heavy atom. The Morgan fingerprint density at radius 1 is 1.00 bits per heavy atom. The van der Waals surface area contributed by atoms with Crippen molar-refractivity contribution in [2.75, 3.05) is 16.4 Å². The van der Waals surface area contributed by atoms with E-state index in [1.54, 1.807) is 24.3 Å². The second-order valence-electron chi connectivity index (χ2n) is 5.87. The Balaban J connectivity index is 0.00000280. The van der Waals surface area contributed by atoms with E-state index in [2.05, 4.69) is 15.6 Å². The molecule has 0 saturated carbocycles. The summed E-state index contributed by atoms with van der Waals surface area (Å²) >= 11 is 0. The molecule has 3 aromatic rings. The Labute approximate surface area is 168 Å². The first kappa shape index (κ1) is 21.0. The van der Waals surface area contributed by atoms with Crippen LogP contribution in [-0.4, -0.2) is 6.09 Å². The number of hydrogen-bond acceptors (Lipinski definition) is 4. The lowest BCUT2D eigenvalue weighted by Gasteiger charge is -2.08. The normalized spacial score (nSPS) is 9.89. The van der Waals surface area contributed by atoms with Crippen LogP contribution in [0.3, 0.4) is 0 Å². The minimum atomic E-state index is -0.592. The molecule has 5 N–H and O–H groups in total. The van der Waals surface area contributed by atoms with Crippen LogP contribution in [0.25, 0.3) is 0 Å². The third-order valence-electron chi connectivity index (χ3n) is 3.82. The first-order valence-corrected chi connectivity index (χ1v) is 8.38. The highest BCUT2D eigenvalue weighted by molar-refractivity contribution is 5.87. The van der Waals surface area contributed by atoms with Crippen LogP contribution < -0.4 is 33.8 Å². The molecule has 1 amide bonds. The van der Waals surface area contributed by atoms with Gasteiger partial charge in [0.05, 0.1) is 6.54 Å². The second kappa shape index (κ2) is 10.1. The number of amides is 1. The van der Waals surface area contributed by atoms with Gasteiger partial charge in [0, 0.05) is 6.07 Å². The van der Waals surface area contributed by atoms with Crippen molar-refractivity contribution < 1.29 is 31.3 Å². The fourth-order valence-corrected chi connectivity index (χ4v) is 2.39. The van der Waals surface area contributed by atoms with Gasteiger partial charge in [0.1, 0.15) is 18.1 Å². The largest absolute Gasteiger partial charge is 1.00 e. The van der Waals surface area contributed by atoms with E-state index in [9.17, 15) is 9.18 Å². The van der Waals surface area contributed by atoms with E-state index >= 15 is 0 Å². The number of aromatic nitrogens is 1. The van der Waals surface area contributed by atoms with Gasteiger partial charge in [0.25, 0.3) is 0 Å². The van der Waals surface area contributed by atoms with Gasteiger partial charge in [-0.25, -0.2) is 14.2 Å². The third-order valence-corrected chi connectivity index (χ3v) is 3.82. The number of nitrogens with two attached hydrogens (primary N) is 1. The summed E-state index contributed by atoms with van der Waals surface area (Å²) in [5, 5.41) is 5.75. The number of aromatic amines is 1. The maximum absolute atomic E-state index is 12.9. The van der Waals surface area contributed by atoms with Crippen molar-refractivity contribution in [1.29, 1.82) is 0 Å². The Morgan fingerprint density at radius 2 is 1.71 bits per heavy atom. The molecule has 0 bridgehead atoms. The molecular weight excluding hydrogens is 383 g/mol. The average molecular weight is 403 g/mol. The molecule has 0 fully saturated rings. The van der Waals surface area contributed by atoms with Crippen LogP contribution in [0.2, 0.25) is 0 Å². The van der Waals surface area contributed by atoms with E-state index in [0.29, 0.717) is 18.1 Å². The maximum atomic E-state index is 12.9. The van der Waals surface area contributed by atoms with Gasteiger partial charge in [-0.1, -0.05) is 42.5 Å². The Kier molecular flexibility index (Phi) is 7.59. The van der Waals surface area contributed by atoms with Gasteiger partial charge in [-0.05, 0) is 29.3 Å². The number of carbonyl (C=O) groups is 1. The number of nitrogens with one attached hydrogen (secondary N) is 3. The minimum Gasteiger partial charge on any atom is -1.00 e. The molecule has 0 spiro atoms. The zero-order chi connectivity index (χ0) is 19.1. The van der Waals surface area contributed by atoms with Gasteiger partial charge in [0.15, 0.2) is 0 Å². The van der Waals surface area contributed by atoms with Gasteiger partial charge in [-0.3, -0.25) is 5.32 Å². The van der Waals surface area contributed by atoms with Crippen LogP contribution in [0.15, 0.2) is 66.7 Å². The monoisotopic (exact) mass is 402 g/mol. The van der Waals surface area contributed by atoms with E-state index < -0.39 is 6.09 Å². The molecule has 146 valence electrons. The van der Waals surface area contributed by atoms with Crippen molar-refractivity contribution in [3.8, 4) is 0 Å². The summed E-state index contributed by atoms with van der Waals surface area (Å²) in [6.45, 7) is 0.676. The summed E-state index contributed by atoms with van der Waals surface area (Å²) in [4.78, 5) is 14.9. The number of pyridine rings is 1. The zero-order valence-electron chi connectivity index (χ0n) is 14.9. The number of halogens is 2. The highest BCUT2D eigenvalue weighted by atomic mass is 35.5. The predicted molar refractivity (Wildman–Crippen MR) is 101 cm³/mol. The van der Waals surface area contributed by atoms with E-state index in [4.69, 9.17) is 10.5 Å². The van der Waals surface area contributed by atoms with E-state index in [-0.39, 0.29) is 30.6 Å². The highest BCUT2D eigenvalue weighted by Crippen LogP contribution is 2.16. The lowest BCUT2D eigenvalue weighted by atomic mass is 10.2. The zero-order valence-corrected chi connectivity index (χ0v) is 15.7. The molecule has 8 heteroatoms. The van der Waals surface area contributed by atoms with Gasteiger partial charge in [-0.2, -0.15) is 0 Å². The topological polar surface area (TPSA) is 90.5 Å². The first-order chi connectivity index (χ1) is 13.1. The molecule has 2 aromatic carbocycles. The SMILES string of the molecule is Nc1[nH+]c(NCc2ccc(F)cc2)ccc1NC(=O)OCc1ccccc1.[Cl-]. The number of rotatable bonds is 6. The number of ether oxygens (including phenoxy) is 1. The van der Waals surface area contributed by atoms with E-state index in [0.717, 1.165) is 11.1 Å². The van der Waals surface area contributed by atoms with Crippen LogP contribution >= 0.6 is 0 Å². The van der Waals surface area contributed by atoms with E-state index in [1.807, 2.05) is 30.3 Å². The van der Waals surface area contributed by atoms with Crippen molar-refractivity contribution in [1.82, 2.24) is 0 Å². The smallest absolute Gasteiger partial charge is 0.412 e. The van der Waals surface area contributed by atoms with Gasteiger partial charge in [-0.15, -0.1) is 0 Å². The molecule has 0 saturated heterocycles. The number of hydrogen-bond donors (Lipinski definition) is 3. The molecule has 0 atom stereocenters. The number of carbonyl (C=O) groups excluding carboxylic acids is 1. The lowest BCUT2D eigenvalue weighted by molar-refractivity contribution is -0.342. The quantitative estimate of drug-likeness (QED) is 0.563. The van der Waals surface area contributed by atoms with Crippen molar-refractivity contribution in [3.05, 3.63) is 83.7 Å². The maximum Gasteiger partial charge on any atom is 0.412 e. The molecule has 28 heavy (non-hydrogen) atoms. The van der Waals surface area contributed by atoms with Crippen molar-refractivity contribution >= 4 is 23.4 Å². The summed E-state index contributed by atoms with van der Waals surface area (Å²) in [6, 6.07) is 19.0. The fourth-order valence-electron chi connectivity index (χ4n) is 2.39. The van der Waals surface area contributed by atoms with Crippen molar-refractivity contribution in [3.63, 3.8) is 0 Å². The summed E-state index contributed by atoms with van der Waals surface area (Å²) < 4.78 is 18.1. The molecule has 0 radical (unpaired) electrons. The van der Waals surface area contributed by atoms with Crippen molar-refractivity contribution in [2.45, 2.75) is 13.2 Å². The van der Waals surface area contributed by atoms with Gasteiger partial charge < -0.3 is 28.2 Å². The summed E-state index contributed by atoms with van der Waals surface area (Å²) in [5.41, 5.74) is 8.19. The van der Waals surface area contributed by atoms with Crippen LogP contribution in [-0.2, 0) is 17.9 Å². The number of anilines is 3. The first-order valence-electron chi connectivity index (χ1n) is 8.38. The van der Waals surface area contributed by atoms with Gasteiger partial charge in [0.2, 0.25) is 11.6 Å². The molecule has 1 heterocycles. The summed E-state index contributed by atoms with van der Waals surface area (Å²) in [6.07, 6.45) is -0.592. The molecule has 0 unspecified atom stereocenters. The van der Waals surface area contributed by atoms with Crippen molar-refractivity contribution in [2.24, 2.45) is 0 Å². The highest BCUT2D eigenvalue weighted by Gasteiger charge is 2.11. The number of H-pyrrole nitrogens is 1. The van der Waals surface area contributed by atoms with Crippen LogP contribution in [0.5, 0.6) is 0 Å².